The highest BCUT2D eigenvalue weighted by atomic mass is 35.5. The number of ether oxygens (including phenoxy) is 2. The molecule has 0 radical (unpaired) electrons. The number of carbonyl (C=O) groups excluding carboxylic acids is 1. The van der Waals surface area contributed by atoms with Crippen molar-refractivity contribution >= 4 is 18.3 Å². The largest absolute Gasteiger partial charge is 0.497 e. The van der Waals surface area contributed by atoms with Gasteiger partial charge in [-0.1, -0.05) is 13.8 Å². The molecule has 1 amide bonds. The molecule has 24 heavy (non-hydrogen) atoms. The first-order valence-corrected chi connectivity index (χ1v) is 8.22. The summed E-state index contributed by atoms with van der Waals surface area (Å²) in [5.74, 6) is 2.04. The summed E-state index contributed by atoms with van der Waals surface area (Å²) in [6.45, 7) is 5.32. The minimum atomic E-state index is -0.144. The quantitative estimate of drug-likeness (QED) is 0.850. The standard InChI is InChI=1S/C18H28N2O3.ClH/c1-12(2)16(19)7-8-20(3)18(21)14-9-13-10-15(22-4)5-6-17(13)23-11-14;/h5-6,10,12,14,16H,7-9,11,19H2,1-4H3;1H. The Morgan fingerprint density at radius 2 is 2.17 bits per heavy atom. The molecule has 1 heterocycles. The Kier molecular flexibility index (Phi) is 7.84. The van der Waals surface area contributed by atoms with Gasteiger partial charge in [-0.15, -0.1) is 12.4 Å². The third-order valence-corrected chi connectivity index (χ3v) is 4.55. The number of nitrogens with zero attached hydrogens (tertiary/aromatic N) is 1. The first-order chi connectivity index (χ1) is 10.9. The van der Waals surface area contributed by atoms with Crippen LogP contribution < -0.4 is 15.2 Å². The zero-order valence-electron chi connectivity index (χ0n) is 15.0. The number of benzene rings is 1. The summed E-state index contributed by atoms with van der Waals surface area (Å²) < 4.78 is 11.0. The fraction of sp³-hybridized carbons (Fsp3) is 0.611. The van der Waals surface area contributed by atoms with Crippen LogP contribution in [-0.2, 0) is 11.2 Å². The van der Waals surface area contributed by atoms with Gasteiger partial charge in [0.2, 0.25) is 5.91 Å². The van der Waals surface area contributed by atoms with E-state index in [4.69, 9.17) is 15.2 Å². The Morgan fingerprint density at radius 1 is 1.46 bits per heavy atom. The molecule has 0 saturated heterocycles. The molecule has 2 unspecified atom stereocenters. The molecule has 136 valence electrons. The van der Waals surface area contributed by atoms with Gasteiger partial charge < -0.3 is 20.1 Å². The summed E-state index contributed by atoms with van der Waals surface area (Å²) in [7, 11) is 3.48. The van der Waals surface area contributed by atoms with Gasteiger partial charge in [0.25, 0.3) is 0 Å². The molecule has 0 aliphatic carbocycles. The molecule has 0 spiro atoms. The van der Waals surface area contributed by atoms with Crippen LogP contribution in [0, 0.1) is 11.8 Å². The van der Waals surface area contributed by atoms with Gasteiger partial charge in [-0.2, -0.15) is 0 Å². The van der Waals surface area contributed by atoms with Crippen molar-refractivity contribution in [3.05, 3.63) is 23.8 Å². The van der Waals surface area contributed by atoms with Crippen molar-refractivity contribution < 1.29 is 14.3 Å². The Balaban J connectivity index is 0.00000288. The molecule has 6 heteroatoms. The topological polar surface area (TPSA) is 64.8 Å². The first kappa shape index (κ1) is 20.6. The maximum absolute atomic E-state index is 12.6. The number of amides is 1. The van der Waals surface area contributed by atoms with Crippen LogP contribution in [-0.4, -0.2) is 44.2 Å². The van der Waals surface area contributed by atoms with Crippen molar-refractivity contribution in [2.75, 3.05) is 27.3 Å². The van der Waals surface area contributed by atoms with Crippen LogP contribution in [0.3, 0.4) is 0 Å². The molecule has 1 aromatic carbocycles. The number of halogens is 1. The first-order valence-electron chi connectivity index (χ1n) is 8.22. The van der Waals surface area contributed by atoms with Crippen LogP contribution in [0.5, 0.6) is 11.5 Å². The van der Waals surface area contributed by atoms with Crippen molar-refractivity contribution in [1.82, 2.24) is 4.90 Å². The fourth-order valence-electron chi connectivity index (χ4n) is 2.75. The van der Waals surface area contributed by atoms with Crippen LogP contribution >= 0.6 is 12.4 Å². The monoisotopic (exact) mass is 356 g/mol. The summed E-state index contributed by atoms with van der Waals surface area (Å²) in [4.78, 5) is 14.4. The molecule has 1 aliphatic rings. The predicted octanol–water partition coefficient (Wildman–Crippen LogP) is 2.50. The van der Waals surface area contributed by atoms with E-state index >= 15 is 0 Å². The predicted molar refractivity (Wildman–Crippen MR) is 98.0 cm³/mol. The molecular formula is C18H29ClN2O3. The van der Waals surface area contributed by atoms with E-state index in [2.05, 4.69) is 13.8 Å². The van der Waals surface area contributed by atoms with E-state index in [1.807, 2.05) is 25.2 Å². The lowest BCUT2D eigenvalue weighted by Gasteiger charge is -2.29. The number of methoxy groups -OCH3 is 1. The third kappa shape index (κ3) is 5.02. The minimum Gasteiger partial charge on any atom is -0.497 e. The van der Waals surface area contributed by atoms with Gasteiger partial charge in [0.15, 0.2) is 0 Å². The second-order valence-corrected chi connectivity index (χ2v) is 6.64. The average Bonchev–Trinajstić information content (AvgIpc) is 2.57. The van der Waals surface area contributed by atoms with Crippen LogP contribution in [0.25, 0.3) is 0 Å². The molecule has 2 N–H and O–H groups in total. The Labute approximate surface area is 150 Å². The zero-order valence-corrected chi connectivity index (χ0v) is 15.8. The molecule has 1 aromatic rings. The van der Waals surface area contributed by atoms with Crippen molar-refractivity contribution in [1.29, 1.82) is 0 Å². The molecule has 2 rings (SSSR count). The van der Waals surface area contributed by atoms with Crippen molar-refractivity contribution in [2.24, 2.45) is 17.6 Å². The molecule has 2 atom stereocenters. The molecule has 1 aliphatic heterocycles. The second kappa shape index (κ2) is 9.14. The van der Waals surface area contributed by atoms with Crippen molar-refractivity contribution in [3.8, 4) is 11.5 Å². The number of hydrogen-bond acceptors (Lipinski definition) is 4. The maximum Gasteiger partial charge on any atom is 0.229 e. The lowest BCUT2D eigenvalue weighted by molar-refractivity contribution is -0.135. The van der Waals surface area contributed by atoms with Gasteiger partial charge >= 0.3 is 0 Å². The Morgan fingerprint density at radius 3 is 2.79 bits per heavy atom. The number of fused-ring (bicyclic) bond motifs is 1. The van der Waals surface area contributed by atoms with Crippen molar-refractivity contribution in [2.45, 2.75) is 32.7 Å². The zero-order chi connectivity index (χ0) is 17.0. The summed E-state index contributed by atoms with van der Waals surface area (Å²) in [5.41, 5.74) is 7.09. The van der Waals surface area contributed by atoms with Crippen LogP contribution in [0.1, 0.15) is 25.8 Å². The van der Waals surface area contributed by atoms with Gasteiger partial charge in [-0.3, -0.25) is 4.79 Å². The molecule has 0 saturated carbocycles. The summed E-state index contributed by atoms with van der Waals surface area (Å²) in [6, 6.07) is 5.85. The van der Waals surface area contributed by atoms with Crippen LogP contribution in [0.2, 0.25) is 0 Å². The van der Waals surface area contributed by atoms with Gasteiger partial charge in [-0.25, -0.2) is 0 Å². The average molecular weight is 357 g/mol. The smallest absolute Gasteiger partial charge is 0.229 e. The van der Waals surface area contributed by atoms with Gasteiger partial charge in [0.05, 0.1) is 13.0 Å². The third-order valence-electron chi connectivity index (χ3n) is 4.55. The van der Waals surface area contributed by atoms with E-state index < -0.39 is 0 Å². The van der Waals surface area contributed by atoms with E-state index in [0.29, 0.717) is 25.5 Å². The number of carbonyl (C=O) groups is 1. The minimum absolute atomic E-state index is 0. The molecule has 5 nitrogen and oxygen atoms in total. The lowest BCUT2D eigenvalue weighted by Crippen LogP contribution is -2.41. The molecular weight excluding hydrogens is 328 g/mol. The second-order valence-electron chi connectivity index (χ2n) is 6.64. The van der Waals surface area contributed by atoms with Crippen LogP contribution in [0.4, 0.5) is 0 Å². The summed E-state index contributed by atoms with van der Waals surface area (Å²) in [6.07, 6.45) is 1.50. The van der Waals surface area contributed by atoms with E-state index in [0.717, 1.165) is 23.5 Å². The fourth-order valence-corrected chi connectivity index (χ4v) is 2.75. The summed E-state index contributed by atoms with van der Waals surface area (Å²) in [5, 5.41) is 0. The van der Waals surface area contributed by atoms with Crippen molar-refractivity contribution in [3.63, 3.8) is 0 Å². The van der Waals surface area contributed by atoms with E-state index in [1.54, 1.807) is 12.0 Å². The summed E-state index contributed by atoms with van der Waals surface area (Å²) >= 11 is 0. The normalized spacial score (nSPS) is 17.3. The van der Waals surface area contributed by atoms with Gasteiger partial charge in [0.1, 0.15) is 18.1 Å². The SMILES string of the molecule is COc1ccc2c(c1)CC(C(=O)N(C)CCC(N)C(C)C)CO2.Cl. The van der Waals surface area contributed by atoms with E-state index in [-0.39, 0.29) is 30.3 Å². The lowest BCUT2D eigenvalue weighted by atomic mass is 9.95. The highest BCUT2D eigenvalue weighted by Crippen LogP contribution is 2.31. The molecule has 0 aromatic heterocycles. The highest BCUT2D eigenvalue weighted by molar-refractivity contribution is 5.85. The van der Waals surface area contributed by atoms with Gasteiger partial charge in [-0.05, 0) is 42.5 Å². The molecule has 0 fully saturated rings. The number of hydrogen-bond donors (Lipinski definition) is 1. The maximum atomic E-state index is 12.6. The van der Waals surface area contributed by atoms with Crippen LogP contribution in [0.15, 0.2) is 18.2 Å². The highest BCUT2D eigenvalue weighted by Gasteiger charge is 2.28. The number of rotatable bonds is 6. The van der Waals surface area contributed by atoms with E-state index in [9.17, 15) is 4.79 Å². The Hall–Kier alpha value is -1.46. The molecule has 0 bridgehead atoms. The van der Waals surface area contributed by atoms with E-state index in [1.165, 1.54) is 0 Å². The number of nitrogens with two attached hydrogens (primary N) is 1. The van der Waals surface area contributed by atoms with Gasteiger partial charge in [0, 0.05) is 19.6 Å². The Bertz CT molecular complexity index is 551.